The average molecular weight is 278 g/mol. The molecule has 4 heteroatoms. The molecule has 0 radical (unpaired) electrons. The molecule has 1 aliphatic rings. The summed E-state index contributed by atoms with van der Waals surface area (Å²) in [6.45, 7) is 6.11. The summed E-state index contributed by atoms with van der Waals surface area (Å²) in [4.78, 5) is 14.1. The van der Waals surface area contributed by atoms with Crippen LogP contribution in [-0.4, -0.2) is 27.7 Å². The van der Waals surface area contributed by atoms with E-state index in [2.05, 4.69) is 16.4 Å². The van der Waals surface area contributed by atoms with Crippen molar-refractivity contribution >= 4 is 0 Å². The van der Waals surface area contributed by atoms with Crippen LogP contribution < -0.4 is 5.43 Å². The summed E-state index contributed by atoms with van der Waals surface area (Å²) in [7, 11) is 0. The Kier molecular flexibility index (Phi) is 5.65. The molecule has 0 aromatic carbocycles. The van der Waals surface area contributed by atoms with Crippen molar-refractivity contribution in [3.8, 4) is 5.75 Å². The highest BCUT2D eigenvalue weighted by Gasteiger charge is 2.13. The van der Waals surface area contributed by atoms with E-state index < -0.39 is 0 Å². The number of aryl methyl sites for hydroxylation is 1. The highest BCUT2D eigenvalue weighted by Crippen LogP contribution is 2.14. The average Bonchev–Trinajstić information content (AvgIpc) is 2.45. The van der Waals surface area contributed by atoms with Crippen LogP contribution in [0.25, 0.3) is 0 Å². The molecular formula is C16H26N2O2. The van der Waals surface area contributed by atoms with Crippen molar-refractivity contribution in [2.24, 2.45) is 0 Å². The van der Waals surface area contributed by atoms with Gasteiger partial charge in [0.15, 0.2) is 5.75 Å². The summed E-state index contributed by atoms with van der Waals surface area (Å²) >= 11 is 0. The minimum Gasteiger partial charge on any atom is -0.503 e. The SMILES string of the molecule is CCCCCn1cc(O)c(=O)cc1CN1CCCCC1. The number of aromatic hydroxyl groups is 1. The van der Waals surface area contributed by atoms with Crippen molar-refractivity contribution < 1.29 is 5.11 Å². The second kappa shape index (κ2) is 7.48. The molecule has 0 unspecified atom stereocenters. The van der Waals surface area contributed by atoms with Crippen molar-refractivity contribution in [2.75, 3.05) is 13.1 Å². The van der Waals surface area contributed by atoms with E-state index in [1.165, 1.54) is 32.1 Å². The first-order chi connectivity index (χ1) is 9.70. The van der Waals surface area contributed by atoms with Crippen molar-refractivity contribution in [2.45, 2.75) is 58.5 Å². The van der Waals surface area contributed by atoms with Crippen molar-refractivity contribution in [1.29, 1.82) is 0 Å². The van der Waals surface area contributed by atoms with Crippen LogP contribution in [0.15, 0.2) is 17.1 Å². The Hall–Kier alpha value is -1.29. The van der Waals surface area contributed by atoms with E-state index >= 15 is 0 Å². The molecule has 0 amide bonds. The zero-order chi connectivity index (χ0) is 14.4. The molecular weight excluding hydrogens is 252 g/mol. The highest BCUT2D eigenvalue weighted by atomic mass is 16.3. The molecule has 1 saturated heterocycles. The quantitative estimate of drug-likeness (QED) is 0.814. The van der Waals surface area contributed by atoms with E-state index in [9.17, 15) is 9.90 Å². The van der Waals surface area contributed by atoms with E-state index in [4.69, 9.17) is 0 Å². The first-order valence-electron chi connectivity index (χ1n) is 7.85. The predicted molar refractivity (Wildman–Crippen MR) is 81.0 cm³/mol. The molecule has 2 rings (SSSR count). The van der Waals surface area contributed by atoms with E-state index in [0.29, 0.717) is 0 Å². The second-order valence-corrected chi connectivity index (χ2v) is 5.75. The monoisotopic (exact) mass is 278 g/mol. The van der Waals surface area contributed by atoms with Gasteiger partial charge in [0.1, 0.15) is 0 Å². The van der Waals surface area contributed by atoms with Crippen molar-refractivity contribution in [3.63, 3.8) is 0 Å². The number of nitrogens with zero attached hydrogens (tertiary/aromatic N) is 2. The Morgan fingerprint density at radius 3 is 2.65 bits per heavy atom. The van der Waals surface area contributed by atoms with Gasteiger partial charge in [-0.2, -0.15) is 0 Å². The summed E-state index contributed by atoms with van der Waals surface area (Å²) in [5, 5.41) is 9.64. The lowest BCUT2D eigenvalue weighted by Gasteiger charge is -2.27. The summed E-state index contributed by atoms with van der Waals surface area (Å²) in [6.07, 6.45) is 8.86. The Bertz CT molecular complexity index is 476. The van der Waals surface area contributed by atoms with Crippen LogP contribution in [0.5, 0.6) is 5.75 Å². The fraction of sp³-hybridized carbons (Fsp3) is 0.688. The maximum absolute atomic E-state index is 11.7. The van der Waals surface area contributed by atoms with E-state index in [0.717, 1.165) is 38.3 Å². The molecule has 0 spiro atoms. The van der Waals surface area contributed by atoms with Crippen LogP contribution in [0.4, 0.5) is 0 Å². The van der Waals surface area contributed by atoms with Gasteiger partial charge in [0.2, 0.25) is 5.43 Å². The predicted octanol–water partition coefficient (Wildman–Crippen LogP) is 2.73. The summed E-state index contributed by atoms with van der Waals surface area (Å²) in [5.41, 5.74) is 0.773. The Labute approximate surface area is 121 Å². The molecule has 1 aliphatic heterocycles. The number of aromatic nitrogens is 1. The lowest BCUT2D eigenvalue weighted by atomic mass is 10.1. The zero-order valence-electron chi connectivity index (χ0n) is 12.5. The van der Waals surface area contributed by atoms with Gasteiger partial charge in [0.05, 0.1) is 6.20 Å². The molecule has 2 heterocycles. The van der Waals surface area contributed by atoms with Crippen LogP contribution in [0.1, 0.15) is 51.1 Å². The maximum Gasteiger partial charge on any atom is 0.223 e. The molecule has 0 saturated carbocycles. The number of hydrogen-bond donors (Lipinski definition) is 1. The zero-order valence-corrected chi connectivity index (χ0v) is 12.5. The molecule has 1 fully saturated rings. The fourth-order valence-corrected chi connectivity index (χ4v) is 2.83. The lowest BCUT2D eigenvalue weighted by molar-refractivity contribution is 0.214. The number of hydrogen-bond acceptors (Lipinski definition) is 3. The molecule has 112 valence electrons. The molecule has 0 bridgehead atoms. The maximum atomic E-state index is 11.7. The van der Waals surface area contributed by atoms with Gasteiger partial charge in [-0.1, -0.05) is 26.2 Å². The minimum atomic E-state index is -0.260. The van der Waals surface area contributed by atoms with E-state index in [-0.39, 0.29) is 11.2 Å². The van der Waals surface area contributed by atoms with Crippen LogP contribution in [0.2, 0.25) is 0 Å². The topological polar surface area (TPSA) is 45.5 Å². The number of piperidine rings is 1. The number of pyridine rings is 1. The molecule has 1 aromatic heterocycles. The van der Waals surface area contributed by atoms with Gasteiger partial charge in [-0.15, -0.1) is 0 Å². The summed E-state index contributed by atoms with van der Waals surface area (Å²) < 4.78 is 2.06. The fourth-order valence-electron chi connectivity index (χ4n) is 2.83. The van der Waals surface area contributed by atoms with Crippen molar-refractivity contribution in [3.05, 3.63) is 28.2 Å². The first-order valence-corrected chi connectivity index (χ1v) is 7.85. The number of rotatable bonds is 6. The largest absolute Gasteiger partial charge is 0.503 e. The van der Waals surface area contributed by atoms with E-state index in [1.54, 1.807) is 12.3 Å². The molecule has 1 aromatic rings. The Balaban J connectivity index is 2.11. The minimum absolute atomic E-state index is 0.135. The third-order valence-corrected chi connectivity index (χ3v) is 4.03. The van der Waals surface area contributed by atoms with E-state index in [1.807, 2.05) is 0 Å². The van der Waals surface area contributed by atoms with Gasteiger partial charge in [0, 0.05) is 24.8 Å². The van der Waals surface area contributed by atoms with Gasteiger partial charge in [-0.25, -0.2) is 0 Å². The standard InChI is InChI=1S/C16H26N2O2/c1-2-3-5-10-18-13-16(20)15(19)11-14(18)12-17-8-6-4-7-9-17/h11,13,20H,2-10,12H2,1H3. The van der Waals surface area contributed by atoms with Crippen molar-refractivity contribution in [1.82, 2.24) is 9.47 Å². The van der Waals surface area contributed by atoms with Gasteiger partial charge in [0.25, 0.3) is 0 Å². The third kappa shape index (κ3) is 4.10. The first kappa shape index (κ1) is 15.1. The van der Waals surface area contributed by atoms with Crippen LogP contribution in [0.3, 0.4) is 0 Å². The molecule has 20 heavy (non-hydrogen) atoms. The second-order valence-electron chi connectivity index (χ2n) is 5.75. The lowest BCUT2D eigenvalue weighted by Crippen LogP contribution is -2.31. The smallest absolute Gasteiger partial charge is 0.223 e. The summed E-state index contributed by atoms with van der Waals surface area (Å²) in [5.74, 6) is -0.135. The third-order valence-electron chi connectivity index (χ3n) is 4.03. The van der Waals surface area contributed by atoms with Crippen LogP contribution in [0, 0.1) is 0 Å². The molecule has 1 N–H and O–H groups in total. The van der Waals surface area contributed by atoms with Gasteiger partial charge < -0.3 is 9.67 Å². The Morgan fingerprint density at radius 2 is 1.95 bits per heavy atom. The molecule has 0 aliphatic carbocycles. The number of likely N-dealkylation sites (tertiary alicyclic amines) is 1. The summed E-state index contributed by atoms with van der Waals surface area (Å²) in [6, 6.07) is 1.61. The molecule has 4 nitrogen and oxygen atoms in total. The van der Waals surface area contributed by atoms with Crippen LogP contribution >= 0.6 is 0 Å². The van der Waals surface area contributed by atoms with Gasteiger partial charge >= 0.3 is 0 Å². The van der Waals surface area contributed by atoms with Crippen LogP contribution in [-0.2, 0) is 13.1 Å². The molecule has 0 atom stereocenters. The number of unbranched alkanes of at least 4 members (excludes halogenated alkanes) is 2. The highest BCUT2D eigenvalue weighted by molar-refractivity contribution is 5.20. The normalized spacial score (nSPS) is 16.4. The van der Waals surface area contributed by atoms with Gasteiger partial charge in [-0.3, -0.25) is 9.69 Å². The Morgan fingerprint density at radius 1 is 1.20 bits per heavy atom. The van der Waals surface area contributed by atoms with Gasteiger partial charge in [-0.05, 0) is 32.4 Å².